The second-order valence-corrected chi connectivity index (χ2v) is 7.81. The highest BCUT2D eigenvalue weighted by Crippen LogP contribution is 2.35. The van der Waals surface area contributed by atoms with E-state index in [9.17, 15) is 5.11 Å². The van der Waals surface area contributed by atoms with E-state index >= 15 is 0 Å². The van der Waals surface area contributed by atoms with Crippen molar-refractivity contribution >= 4 is 22.7 Å². The Labute approximate surface area is 184 Å². The lowest BCUT2D eigenvalue weighted by Gasteiger charge is -2.17. The molecule has 1 N–H and O–H groups in total. The summed E-state index contributed by atoms with van der Waals surface area (Å²) < 4.78 is 5.85. The van der Waals surface area contributed by atoms with Crippen LogP contribution in [0.5, 0.6) is 5.75 Å². The first-order valence-corrected chi connectivity index (χ1v) is 10.5. The molecule has 0 aromatic heterocycles. The Bertz CT molecular complexity index is 949. The third kappa shape index (κ3) is 5.96. The number of rotatable bonds is 9. The average molecular weight is 422 g/mol. The molecular formula is C26H28ClNO2. The molecule has 3 aromatic rings. The van der Waals surface area contributed by atoms with Crippen LogP contribution in [0.25, 0.3) is 11.1 Å². The molecule has 30 heavy (non-hydrogen) atoms. The predicted molar refractivity (Wildman–Crippen MR) is 126 cm³/mol. The van der Waals surface area contributed by atoms with Gasteiger partial charge in [-0.2, -0.15) is 0 Å². The minimum Gasteiger partial charge on any atom is -0.492 e. The van der Waals surface area contributed by atoms with E-state index in [1.54, 1.807) is 0 Å². The average Bonchev–Trinajstić information content (AvgIpc) is 2.76. The highest BCUT2D eigenvalue weighted by atomic mass is 35.5. The topological polar surface area (TPSA) is 32.7 Å². The van der Waals surface area contributed by atoms with Gasteiger partial charge in [0, 0.05) is 18.2 Å². The summed E-state index contributed by atoms with van der Waals surface area (Å²) in [7, 11) is 4.06. The van der Waals surface area contributed by atoms with E-state index in [1.165, 1.54) is 0 Å². The van der Waals surface area contributed by atoms with Gasteiger partial charge >= 0.3 is 0 Å². The van der Waals surface area contributed by atoms with Gasteiger partial charge in [0.2, 0.25) is 0 Å². The zero-order chi connectivity index (χ0) is 21.3. The van der Waals surface area contributed by atoms with E-state index < -0.39 is 0 Å². The summed E-state index contributed by atoms with van der Waals surface area (Å²) in [5, 5.41) is 10.5. The number of nitrogens with zero attached hydrogens (tertiary/aromatic N) is 1. The van der Waals surface area contributed by atoms with Crippen LogP contribution < -0.4 is 4.74 Å². The second kappa shape index (κ2) is 11.0. The van der Waals surface area contributed by atoms with Crippen LogP contribution in [0.2, 0.25) is 5.02 Å². The highest BCUT2D eigenvalue weighted by Gasteiger charge is 2.14. The molecule has 0 amide bonds. The quantitative estimate of drug-likeness (QED) is 0.455. The van der Waals surface area contributed by atoms with Crippen molar-refractivity contribution in [1.29, 1.82) is 0 Å². The Hall–Kier alpha value is -2.59. The molecule has 0 heterocycles. The number of hydrogen-bond acceptors (Lipinski definition) is 3. The van der Waals surface area contributed by atoms with Crippen molar-refractivity contribution in [3.63, 3.8) is 0 Å². The number of ether oxygens (including phenoxy) is 1. The molecule has 3 rings (SSSR count). The molecule has 0 atom stereocenters. The van der Waals surface area contributed by atoms with Gasteiger partial charge in [-0.15, -0.1) is 0 Å². The number of aliphatic hydroxyl groups is 1. The van der Waals surface area contributed by atoms with Gasteiger partial charge in [0.05, 0.1) is 0 Å². The van der Waals surface area contributed by atoms with Gasteiger partial charge in [-0.3, -0.25) is 0 Å². The van der Waals surface area contributed by atoms with Crippen LogP contribution in [0.15, 0.2) is 78.9 Å². The third-order valence-electron chi connectivity index (χ3n) is 4.87. The highest BCUT2D eigenvalue weighted by molar-refractivity contribution is 6.30. The van der Waals surface area contributed by atoms with Gasteiger partial charge in [0.15, 0.2) is 0 Å². The maximum Gasteiger partial charge on any atom is 0.119 e. The number of halogens is 1. The van der Waals surface area contributed by atoms with E-state index in [2.05, 4.69) is 29.2 Å². The first-order chi connectivity index (χ1) is 14.6. The minimum atomic E-state index is 0.0695. The molecule has 0 spiro atoms. The van der Waals surface area contributed by atoms with Crippen LogP contribution in [-0.4, -0.2) is 43.9 Å². The van der Waals surface area contributed by atoms with Crippen LogP contribution in [0.1, 0.15) is 23.1 Å². The largest absolute Gasteiger partial charge is 0.492 e. The van der Waals surface area contributed by atoms with E-state index in [-0.39, 0.29) is 6.61 Å². The predicted octanol–water partition coefficient (Wildman–Crippen LogP) is 5.62. The molecule has 0 fully saturated rings. The Kier molecular flexibility index (Phi) is 8.09. The summed E-state index contributed by atoms with van der Waals surface area (Å²) in [6.45, 7) is 1.59. The van der Waals surface area contributed by atoms with Crippen molar-refractivity contribution in [2.24, 2.45) is 0 Å². The van der Waals surface area contributed by atoms with Crippen molar-refractivity contribution in [3.05, 3.63) is 101 Å². The molecule has 0 aliphatic carbocycles. The Balaban J connectivity index is 2.04. The Morgan fingerprint density at radius 2 is 1.43 bits per heavy atom. The van der Waals surface area contributed by atoms with Crippen LogP contribution in [0.4, 0.5) is 0 Å². The van der Waals surface area contributed by atoms with Crippen LogP contribution >= 0.6 is 11.6 Å². The fourth-order valence-electron chi connectivity index (χ4n) is 3.36. The fraction of sp³-hybridized carbons (Fsp3) is 0.231. The number of likely N-dealkylation sites (N-methyl/N-ethyl adjacent to an activating group) is 1. The van der Waals surface area contributed by atoms with Gasteiger partial charge in [0.1, 0.15) is 12.4 Å². The zero-order valence-electron chi connectivity index (χ0n) is 17.5. The van der Waals surface area contributed by atoms with Gasteiger partial charge in [-0.1, -0.05) is 66.2 Å². The number of hydrogen-bond donors (Lipinski definition) is 1. The standard InChI is InChI=1S/C26H28ClNO2/c1-28(2)17-19-30-24-14-10-22(11-15-24)26(21-6-4-3-5-7-21)25(16-18-29)20-8-12-23(27)13-9-20/h3-15,29H,16-19H2,1-2H3. The van der Waals surface area contributed by atoms with Crippen molar-refractivity contribution in [2.75, 3.05) is 33.9 Å². The van der Waals surface area contributed by atoms with E-state index in [4.69, 9.17) is 16.3 Å². The van der Waals surface area contributed by atoms with Crippen molar-refractivity contribution in [2.45, 2.75) is 6.42 Å². The zero-order valence-corrected chi connectivity index (χ0v) is 18.3. The van der Waals surface area contributed by atoms with E-state index in [0.29, 0.717) is 18.1 Å². The fourth-order valence-corrected chi connectivity index (χ4v) is 3.49. The summed E-state index contributed by atoms with van der Waals surface area (Å²) >= 11 is 6.10. The minimum absolute atomic E-state index is 0.0695. The van der Waals surface area contributed by atoms with E-state index in [1.807, 2.05) is 68.7 Å². The summed E-state index contributed by atoms with van der Waals surface area (Å²) in [4.78, 5) is 2.10. The number of aliphatic hydroxyl groups excluding tert-OH is 1. The maximum atomic E-state index is 9.80. The Morgan fingerprint density at radius 1 is 0.833 bits per heavy atom. The first-order valence-electron chi connectivity index (χ1n) is 10.1. The number of benzene rings is 3. The molecule has 3 aromatic carbocycles. The summed E-state index contributed by atoms with van der Waals surface area (Å²) in [5.74, 6) is 0.850. The maximum absolute atomic E-state index is 9.80. The molecule has 0 saturated carbocycles. The van der Waals surface area contributed by atoms with Crippen LogP contribution in [0, 0.1) is 0 Å². The smallest absolute Gasteiger partial charge is 0.119 e. The molecular weight excluding hydrogens is 394 g/mol. The van der Waals surface area contributed by atoms with Gasteiger partial charge < -0.3 is 14.7 Å². The lowest BCUT2D eigenvalue weighted by atomic mass is 9.88. The molecule has 156 valence electrons. The van der Waals surface area contributed by atoms with Crippen LogP contribution in [0.3, 0.4) is 0 Å². The molecule has 0 bridgehead atoms. The van der Waals surface area contributed by atoms with E-state index in [0.717, 1.165) is 40.1 Å². The van der Waals surface area contributed by atoms with Crippen molar-refractivity contribution in [3.8, 4) is 5.75 Å². The first kappa shape index (κ1) is 22.1. The molecule has 4 heteroatoms. The molecule has 0 saturated heterocycles. The van der Waals surface area contributed by atoms with Gasteiger partial charge in [0.25, 0.3) is 0 Å². The lowest BCUT2D eigenvalue weighted by molar-refractivity contribution is 0.261. The van der Waals surface area contributed by atoms with Crippen molar-refractivity contribution in [1.82, 2.24) is 4.90 Å². The molecule has 0 radical (unpaired) electrons. The Morgan fingerprint density at radius 3 is 2.03 bits per heavy atom. The third-order valence-corrected chi connectivity index (χ3v) is 5.12. The molecule has 0 unspecified atom stereocenters. The molecule has 0 aliphatic heterocycles. The second-order valence-electron chi connectivity index (χ2n) is 7.38. The van der Waals surface area contributed by atoms with Gasteiger partial charge in [-0.25, -0.2) is 0 Å². The normalized spacial score (nSPS) is 12.0. The molecule has 3 nitrogen and oxygen atoms in total. The SMILES string of the molecule is CN(C)CCOc1ccc(C(=C(CCO)c2ccc(Cl)cc2)c2ccccc2)cc1. The monoisotopic (exact) mass is 421 g/mol. The molecule has 0 aliphatic rings. The summed E-state index contributed by atoms with van der Waals surface area (Å²) in [5.41, 5.74) is 5.43. The lowest BCUT2D eigenvalue weighted by Crippen LogP contribution is -2.19. The summed E-state index contributed by atoms with van der Waals surface area (Å²) in [6.07, 6.45) is 0.549. The van der Waals surface area contributed by atoms with Gasteiger partial charge in [-0.05, 0) is 72.6 Å². The van der Waals surface area contributed by atoms with Crippen molar-refractivity contribution < 1.29 is 9.84 Å². The van der Waals surface area contributed by atoms with Crippen LogP contribution in [-0.2, 0) is 0 Å². The summed E-state index contributed by atoms with van der Waals surface area (Å²) in [6, 6.07) is 26.3.